The van der Waals surface area contributed by atoms with Crippen LogP contribution in [0, 0.1) is 0 Å². The molecule has 0 spiro atoms. The minimum Gasteiger partial charge on any atom is -0.506 e. The molecule has 4 N–H and O–H groups in total. The van der Waals surface area contributed by atoms with Crippen molar-refractivity contribution in [1.82, 2.24) is 14.8 Å². The minimum atomic E-state index is -0.485. The van der Waals surface area contributed by atoms with Crippen molar-refractivity contribution in [2.75, 3.05) is 11.1 Å². The van der Waals surface area contributed by atoms with Crippen molar-refractivity contribution in [3.63, 3.8) is 0 Å². The molecule has 0 saturated heterocycles. The molecule has 1 aromatic heterocycles. The van der Waals surface area contributed by atoms with E-state index in [0.29, 0.717) is 10.7 Å². The van der Waals surface area contributed by atoms with Crippen LogP contribution in [0.15, 0.2) is 23.0 Å². The molecule has 0 fully saturated rings. The summed E-state index contributed by atoms with van der Waals surface area (Å²) in [5.41, 5.74) is 5.30. The lowest BCUT2D eigenvalue weighted by molar-refractivity contribution is 0.477. The molecule has 0 aliphatic heterocycles. The number of hydrogen-bond donors (Lipinski definition) is 3. The van der Waals surface area contributed by atoms with Crippen LogP contribution in [0.25, 0.3) is 0 Å². The molecular formula is C10H10ClN5O2. The monoisotopic (exact) mass is 267 g/mol. The molecule has 1 aromatic carbocycles. The van der Waals surface area contributed by atoms with Crippen molar-refractivity contribution in [2.45, 2.75) is 0 Å². The van der Waals surface area contributed by atoms with Crippen LogP contribution >= 0.6 is 11.6 Å². The molecule has 18 heavy (non-hydrogen) atoms. The van der Waals surface area contributed by atoms with Gasteiger partial charge in [0.15, 0.2) is 5.82 Å². The maximum atomic E-state index is 11.3. The Morgan fingerprint density at radius 3 is 2.83 bits per heavy atom. The summed E-state index contributed by atoms with van der Waals surface area (Å²) in [7, 11) is 1.45. The Labute approximate surface area is 107 Å². The van der Waals surface area contributed by atoms with Crippen LogP contribution in [0.4, 0.5) is 17.5 Å². The van der Waals surface area contributed by atoms with Crippen molar-refractivity contribution in [3.8, 4) is 5.75 Å². The van der Waals surface area contributed by atoms with Gasteiger partial charge in [0.2, 0.25) is 5.95 Å². The lowest BCUT2D eigenvalue weighted by Crippen LogP contribution is -2.25. The zero-order valence-corrected chi connectivity index (χ0v) is 10.1. The van der Waals surface area contributed by atoms with E-state index in [1.54, 1.807) is 12.1 Å². The summed E-state index contributed by atoms with van der Waals surface area (Å²) in [5, 5.41) is 16.6. The SMILES string of the molecule is Cn1nc(Nc2ccc(Cl)cc2O)nc(N)c1=O. The fourth-order valence-electron chi connectivity index (χ4n) is 1.32. The van der Waals surface area contributed by atoms with Gasteiger partial charge in [-0.3, -0.25) is 4.79 Å². The standard InChI is InChI=1S/C10H10ClN5O2/c1-16-9(18)8(12)14-10(15-16)13-6-3-2-5(11)4-7(6)17/h2-4,17H,1H3,(H3,12,13,14,15). The maximum absolute atomic E-state index is 11.3. The van der Waals surface area contributed by atoms with Gasteiger partial charge < -0.3 is 16.2 Å². The van der Waals surface area contributed by atoms with Crippen molar-refractivity contribution >= 4 is 29.1 Å². The highest BCUT2D eigenvalue weighted by atomic mass is 35.5. The number of phenolic OH excluding ortho intramolecular Hbond substituents is 1. The number of nitrogens with zero attached hydrogens (tertiary/aromatic N) is 3. The minimum absolute atomic E-state index is 0.0569. The van der Waals surface area contributed by atoms with Crippen LogP contribution in [-0.4, -0.2) is 19.9 Å². The average molecular weight is 268 g/mol. The molecule has 0 bridgehead atoms. The summed E-state index contributed by atoms with van der Waals surface area (Å²) >= 11 is 5.71. The van der Waals surface area contributed by atoms with Gasteiger partial charge in [-0.1, -0.05) is 11.6 Å². The van der Waals surface area contributed by atoms with E-state index in [1.165, 1.54) is 13.1 Å². The van der Waals surface area contributed by atoms with Gasteiger partial charge in [0.25, 0.3) is 0 Å². The molecule has 94 valence electrons. The molecule has 1 heterocycles. The average Bonchev–Trinajstić information content (AvgIpc) is 2.29. The van der Waals surface area contributed by atoms with Crippen LogP contribution in [0.1, 0.15) is 0 Å². The van der Waals surface area contributed by atoms with E-state index in [-0.39, 0.29) is 17.5 Å². The molecule has 0 radical (unpaired) electrons. The zero-order chi connectivity index (χ0) is 13.3. The quantitative estimate of drug-likeness (QED) is 0.697. The van der Waals surface area contributed by atoms with Crippen LogP contribution in [0.2, 0.25) is 5.02 Å². The number of phenols is 1. The number of nitrogens with one attached hydrogen (secondary N) is 1. The normalized spacial score (nSPS) is 10.3. The van der Waals surface area contributed by atoms with E-state index in [2.05, 4.69) is 15.4 Å². The van der Waals surface area contributed by atoms with Crippen LogP contribution in [0.5, 0.6) is 5.75 Å². The van der Waals surface area contributed by atoms with E-state index < -0.39 is 5.56 Å². The van der Waals surface area contributed by atoms with Gasteiger partial charge in [0, 0.05) is 18.1 Å². The van der Waals surface area contributed by atoms with Gasteiger partial charge in [-0.15, -0.1) is 5.10 Å². The molecule has 2 aromatic rings. The van der Waals surface area contributed by atoms with E-state index >= 15 is 0 Å². The maximum Gasteiger partial charge on any atom is 0.309 e. The number of halogens is 1. The Kier molecular flexibility index (Phi) is 3.07. The molecule has 0 aliphatic rings. The molecule has 0 amide bonds. The summed E-state index contributed by atoms with van der Waals surface area (Å²) < 4.78 is 1.05. The second kappa shape index (κ2) is 4.53. The number of benzene rings is 1. The van der Waals surface area contributed by atoms with Crippen LogP contribution in [-0.2, 0) is 7.05 Å². The Balaban J connectivity index is 2.37. The third kappa shape index (κ3) is 2.35. The summed E-state index contributed by atoms with van der Waals surface area (Å²) in [5.74, 6) is -0.130. The van der Waals surface area contributed by atoms with Gasteiger partial charge in [-0.05, 0) is 12.1 Å². The first-order valence-corrected chi connectivity index (χ1v) is 5.31. The predicted molar refractivity (Wildman–Crippen MR) is 68.1 cm³/mol. The van der Waals surface area contributed by atoms with E-state index in [1.807, 2.05) is 0 Å². The third-order valence-electron chi connectivity index (χ3n) is 2.19. The van der Waals surface area contributed by atoms with Crippen molar-refractivity contribution in [1.29, 1.82) is 0 Å². The third-order valence-corrected chi connectivity index (χ3v) is 2.43. The Bertz CT molecular complexity index is 629. The smallest absolute Gasteiger partial charge is 0.309 e. The van der Waals surface area contributed by atoms with Gasteiger partial charge in [-0.2, -0.15) is 4.98 Å². The largest absolute Gasteiger partial charge is 0.506 e. The number of hydrogen-bond acceptors (Lipinski definition) is 6. The Morgan fingerprint density at radius 1 is 1.50 bits per heavy atom. The number of aromatic nitrogens is 3. The highest BCUT2D eigenvalue weighted by Gasteiger charge is 2.07. The molecule has 7 nitrogen and oxygen atoms in total. The Hall–Kier alpha value is -2.28. The second-order valence-electron chi connectivity index (χ2n) is 3.54. The highest BCUT2D eigenvalue weighted by molar-refractivity contribution is 6.30. The zero-order valence-electron chi connectivity index (χ0n) is 9.38. The highest BCUT2D eigenvalue weighted by Crippen LogP contribution is 2.28. The van der Waals surface area contributed by atoms with E-state index in [4.69, 9.17) is 17.3 Å². The first-order valence-electron chi connectivity index (χ1n) is 4.94. The van der Waals surface area contributed by atoms with Gasteiger partial charge in [0.1, 0.15) is 5.75 Å². The molecule has 0 unspecified atom stereocenters. The van der Waals surface area contributed by atoms with Gasteiger partial charge in [-0.25, -0.2) is 4.68 Å². The van der Waals surface area contributed by atoms with Crippen LogP contribution in [0.3, 0.4) is 0 Å². The summed E-state index contributed by atoms with van der Waals surface area (Å²) in [4.78, 5) is 15.1. The number of aromatic hydroxyl groups is 1. The number of nitrogen functional groups attached to an aromatic ring is 1. The number of nitrogens with two attached hydrogens (primary N) is 1. The molecule has 0 saturated carbocycles. The number of aryl methyl sites for hydroxylation is 1. The van der Waals surface area contributed by atoms with Gasteiger partial charge in [0.05, 0.1) is 5.69 Å². The topological polar surface area (TPSA) is 106 Å². The first kappa shape index (κ1) is 12.2. The molecule has 2 rings (SSSR count). The van der Waals surface area contributed by atoms with Crippen molar-refractivity contribution < 1.29 is 5.11 Å². The lowest BCUT2D eigenvalue weighted by atomic mass is 10.3. The Morgan fingerprint density at radius 2 is 2.22 bits per heavy atom. The predicted octanol–water partition coefficient (Wildman–Crippen LogP) is 0.860. The van der Waals surface area contributed by atoms with Crippen LogP contribution < -0.4 is 16.6 Å². The molecular weight excluding hydrogens is 258 g/mol. The fraction of sp³-hybridized carbons (Fsp3) is 0.100. The van der Waals surface area contributed by atoms with Crippen molar-refractivity contribution in [3.05, 3.63) is 33.6 Å². The van der Waals surface area contributed by atoms with Crippen molar-refractivity contribution in [2.24, 2.45) is 7.05 Å². The second-order valence-corrected chi connectivity index (χ2v) is 3.97. The number of anilines is 3. The summed E-state index contributed by atoms with van der Waals surface area (Å²) in [6.07, 6.45) is 0. The molecule has 0 atom stereocenters. The van der Waals surface area contributed by atoms with Gasteiger partial charge >= 0.3 is 5.56 Å². The lowest BCUT2D eigenvalue weighted by Gasteiger charge is -2.08. The van der Waals surface area contributed by atoms with E-state index in [9.17, 15) is 9.90 Å². The molecule has 0 aliphatic carbocycles. The summed E-state index contributed by atoms with van der Waals surface area (Å²) in [6, 6.07) is 4.52. The summed E-state index contributed by atoms with van der Waals surface area (Å²) in [6.45, 7) is 0. The fourth-order valence-corrected chi connectivity index (χ4v) is 1.49. The number of rotatable bonds is 2. The molecule has 8 heteroatoms. The first-order chi connectivity index (χ1) is 8.47. The van der Waals surface area contributed by atoms with E-state index in [0.717, 1.165) is 4.68 Å².